The molecular formula is C16H27N3. The van der Waals surface area contributed by atoms with Crippen LogP contribution >= 0.6 is 0 Å². The number of piperazine rings is 1. The number of nitrogens with one attached hydrogen (secondary N) is 1. The number of aromatic nitrogens is 1. The smallest absolute Gasteiger partial charge is 0.0488 e. The Bertz CT molecular complexity index is 375. The summed E-state index contributed by atoms with van der Waals surface area (Å²) in [5, 5.41) is 3.50. The lowest BCUT2D eigenvalue weighted by atomic mass is 9.86. The fraction of sp³-hybridized carbons (Fsp3) is 0.688. The molecule has 0 spiro atoms. The van der Waals surface area contributed by atoms with Gasteiger partial charge in [-0.05, 0) is 30.0 Å². The first-order valence-electron chi connectivity index (χ1n) is 7.47. The van der Waals surface area contributed by atoms with Gasteiger partial charge in [0.25, 0.3) is 0 Å². The van der Waals surface area contributed by atoms with Crippen LogP contribution in [0.15, 0.2) is 24.5 Å². The minimum Gasteiger partial charge on any atom is -0.314 e. The first-order valence-corrected chi connectivity index (χ1v) is 7.47. The summed E-state index contributed by atoms with van der Waals surface area (Å²) in [5.41, 5.74) is 1.79. The van der Waals surface area contributed by atoms with E-state index in [4.69, 9.17) is 0 Å². The van der Waals surface area contributed by atoms with Gasteiger partial charge >= 0.3 is 0 Å². The average molecular weight is 261 g/mol. The summed E-state index contributed by atoms with van der Waals surface area (Å²) in [6.45, 7) is 11.5. The van der Waals surface area contributed by atoms with Gasteiger partial charge in [-0.1, -0.05) is 33.3 Å². The summed E-state index contributed by atoms with van der Waals surface area (Å²) in [4.78, 5) is 6.88. The van der Waals surface area contributed by atoms with Gasteiger partial charge in [0.2, 0.25) is 0 Å². The molecule has 19 heavy (non-hydrogen) atoms. The lowest BCUT2D eigenvalue weighted by Crippen LogP contribution is -2.46. The summed E-state index contributed by atoms with van der Waals surface area (Å²) < 4.78 is 0. The first-order chi connectivity index (χ1) is 9.12. The molecule has 0 bridgehead atoms. The molecule has 3 heteroatoms. The third kappa shape index (κ3) is 4.02. The van der Waals surface area contributed by atoms with Crippen molar-refractivity contribution in [3.63, 3.8) is 0 Å². The second kappa shape index (κ2) is 6.49. The molecular weight excluding hydrogens is 234 g/mol. The Morgan fingerprint density at radius 2 is 2.32 bits per heavy atom. The molecule has 0 radical (unpaired) electrons. The Labute approximate surface area is 117 Å². The fourth-order valence-electron chi connectivity index (χ4n) is 2.54. The second-order valence-electron chi connectivity index (χ2n) is 6.31. The van der Waals surface area contributed by atoms with Crippen LogP contribution in [0.4, 0.5) is 0 Å². The standard InChI is InChI=1S/C16H27N3/c1-4-16(2,3)7-10-19-11-9-18-13-15(19)14-6-5-8-17-12-14/h5-6,8,12,15,18H,4,7,9-11,13H2,1-3H3. The molecule has 1 saturated heterocycles. The lowest BCUT2D eigenvalue weighted by Gasteiger charge is -2.38. The number of nitrogens with zero attached hydrogens (tertiary/aromatic N) is 2. The number of pyridine rings is 1. The van der Waals surface area contributed by atoms with Gasteiger partial charge in [0, 0.05) is 38.1 Å². The van der Waals surface area contributed by atoms with E-state index in [1.807, 2.05) is 18.5 Å². The van der Waals surface area contributed by atoms with E-state index in [0.29, 0.717) is 11.5 Å². The molecule has 3 nitrogen and oxygen atoms in total. The number of hydrogen-bond donors (Lipinski definition) is 1. The van der Waals surface area contributed by atoms with Crippen molar-refractivity contribution in [2.75, 3.05) is 26.2 Å². The van der Waals surface area contributed by atoms with Crippen LogP contribution in [-0.4, -0.2) is 36.1 Å². The molecule has 1 N–H and O–H groups in total. The third-order valence-corrected chi connectivity index (χ3v) is 4.46. The molecule has 106 valence electrons. The first kappa shape index (κ1) is 14.5. The van der Waals surface area contributed by atoms with Crippen LogP contribution in [0.2, 0.25) is 0 Å². The highest BCUT2D eigenvalue weighted by Gasteiger charge is 2.25. The monoisotopic (exact) mass is 261 g/mol. The molecule has 1 aromatic rings. The SMILES string of the molecule is CCC(C)(C)CCN1CCNCC1c1cccnc1. The molecule has 1 aliphatic heterocycles. The van der Waals surface area contributed by atoms with Crippen molar-refractivity contribution in [1.82, 2.24) is 15.2 Å². The Balaban J connectivity index is 2.01. The highest BCUT2D eigenvalue weighted by Crippen LogP contribution is 2.28. The van der Waals surface area contributed by atoms with E-state index in [-0.39, 0.29) is 0 Å². The molecule has 1 unspecified atom stereocenters. The predicted molar refractivity (Wildman–Crippen MR) is 80.1 cm³/mol. The molecule has 1 fully saturated rings. The Morgan fingerprint density at radius 3 is 3.00 bits per heavy atom. The molecule has 1 aliphatic rings. The lowest BCUT2D eigenvalue weighted by molar-refractivity contribution is 0.136. The van der Waals surface area contributed by atoms with Crippen molar-refractivity contribution < 1.29 is 0 Å². The second-order valence-corrected chi connectivity index (χ2v) is 6.31. The summed E-state index contributed by atoms with van der Waals surface area (Å²) >= 11 is 0. The van der Waals surface area contributed by atoms with Crippen LogP contribution in [0.5, 0.6) is 0 Å². The van der Waals surface area contributed by atoms with E-state index in [2.05, 4.69) is 42.0 Å². The van der Waals surface area contributed by atoms with E-state index < -0.39 is 0 Å². The topological polar surface area (TPSA) is 28.2 Å². The molecule has 0 saturated carbocycles. The van der Waals surface area contributed by atoms with Crippen molar-refractivity contribution >= 4 is 0 Å². The van der Waals surface area contributed by atoms with Gasteiger partial charge in [0.1, 0.15) is 0 Å². The van der Waals surface area contributed by atoms with Crippen LogP contribution in [0.3, 0.4) is 0 Å². The van der Waals surface area contributed by atoms with Crippen LogP contribution in [0.1, 0.15) is 45.2 Å². The molecule has 2 heterocycles. The van der Waals surface area contributed by atoms with Crippen LogP contribution in [0, 0.1) is 5.41 Å². The fourth-order valence-corrected chi connectivity index (χ4v) is 2.54. The van der Waals surface area contributed by atoms with Crippen LogP contribution < -0.4 is 5.32 Å². The Hall–Kier alpha value is -0.930. The average Bonchev–Trinajstić information content (AvgIpc) is 2.46. The van der Waals surface area contributed by atoms with Crippen molar-refractivity contribution in [3.05, 3.63) is 30.1 Å². The third-order valence-electron chi connectivity index (χ3n) is 4.46. The summed E-state index contributed by atoms with van der Waals surface area (Å²) in [6, 6.07) is 4.72. The summed E-state index contributed by atoms with van der Waals surface area (Å²) in [7, 11) is 0. The van der Waals surface area contributed by atoms with Crippen molar-refractivity contribution in [2.24, 2.45) is 5.41 Å². The van der Waals surface area contributed by atoms with Crippen molar-refractivity contribution in [1.29, 1.82) is 0 Å². The van der Waals surface area contributed by atoms with Gasteiger partial charge in [-0.25, -0.2) is 0 Å². The molecule has 0 amide bonds. The van der Waals surface area contributed by atoms with Gasteiger partial charge < -0.3 is 5.32 Å². The van der Waals surface area contributed by atoms with Gasteiger partial charge in [0.15, 0.2) is 0 Å². The van der Waals surface area contributed by atoms with Gasteiger partial charge in [0.05, 0.1) is 0 Å². The van der Waals surface area contributed by atoms with Gasteiger partial charge in [-0.3, -0.25) is 9.88 Å². The van der Waals surface area contributed by atoms with E-state index in [1.54, 1.807) is 0 Å². The number of rotatable bonds is 5. The quantitative estimate of drug-likeness (QED) is 0.883. The maximum absolute atomic E-state index is 4.26. The highest BCUT2D eigenvalue weighted by molar-refractivity contribution is 5.15. The largest absolute Gasteiger partial charge is 0.314 e. The van der Waals surface area contributed by atoms with E-state index in [9.17, 15) is 0 Å². The molecule has 1 aromatic heterocycles. The van der Waals surface area contributed by atoms with Gasteiger partial charge in [-0.2, -0.15) is 0 Å². The Morgan fingerprint density at radius 1 is 1.47 bits per heavy atom. The predicted octanol–water partition coefficient (Wildman–Crippen LogP) is 2.85. The molecule has 0 aromatic carbocycles. The highest BCUT2D eigenvalue weighted by atomic mass is 15.2. The van der Waals surface area contributed by atoms with Crippen LogP contribution in [0.25, 0.3) is 0 Å². The maximum Gasteiger partial charge on any atom is 0.0488 e. The van der Waals surface area contributed by atoms with E-state index in [0.717, 1.165) is 19.6 Å². The van der Waals surface area contributed by atoms with E-state index >= 15 is 0 Å². The minimum absolute atomic E-state index is 0.449. The minimum atomic E-state index is 0.449. The summed E-state index contributed by atoms with van der Waals surface area (Å²) in [5.74, 6) is 0. The molecule has 0 aliphatic carbocycles. The zero-order valence-corrected chi connectivity index (χ0v) is 12.5. The zero-order chi connectivity index (χ0) is 13.7. The molecule has 1 atom stereocenters. The zero-order valence-electron chi connectivity index (χ0n) is 12.5. The van der Waals surface area contributed by atoms with Crippen molar-refractivity contribution in [3.8, 4) is 0 Å². The van der Waals surface area contributed by atoms with E-state index in [1.165, 1.54) is 24.9 Å². The normalized spacial score (nSPS) is 21.5. The number of hydrogen-bond acceptors (Lipinski definition) is 3. The molecule has 2 rings (SSSR count). The van der Waals surface area contributed by atoms with Crippen molar-refractivity contribution in [2.45, 2.75) is 39.7 Å². The summed E-state index contributed by atoms with van der Waals surface area (Å²) in [6.07, 6.45) is 6.37. The Kier molecular flexibility index (Phi) is 4.94. The maximum atomic E-state index is 4.26. The van der Waals surface area contributed by atoms with Gasteiger partial charge in [-0.15, -0.1) is 0 Å². The van der Waals surface area contributed by atoms with Crippen LogP contribution in [-0.2, 0) is 0 Å².